The first-order chi connectivity index (χ1) is 18.9. The van der Waals surface area contributed by atoms with E-state index < -0.39 is 6.09 Å². The topological polar surface area (TPSA) is 118 Å². The molecule has 0 fully saturated rings. The Balaban J connectivity index is 1.26. The molecule has 10 heteroatoms. The van der Waals surface area contributed by atoms with Crippen LogP contribution < -0.4 is 5.32 Å². The fraction of sp³-hybridized carbons (Fsp3) is 0.207. The van der Waals surface area contributed by atoms with Crippen LogP contribution >= 0.6 is 0 Å². The van der Waals surface area contributed by atoms with Gasteiger partial charge in [0, 0.05) is 30.4 Å². The number of pyridine rings is 2. The molecular formula is C29H27N7O3. The van der Waals surface area contributed by atoms with Crippen LogP contribution in [-0.4, -0.2) is 59.2 Å². The second-order valence-corrected chi connectivity index (χ2v) is 9.66. The molecule has 10 nitrogen and oxygen atoms in total. The normalized spacial score (nSPS) is 13.6. The molecule has 5 heterocycles. The van der Waals surface area contributed by atoms with Crippen LogP contribution in [-0.2, 0) is 6.54 Å². The van der Waals surface area contributed by atoms with Crippen molar-refractivity contribution in [3.05, 3.63) is 95.3 Å². The van der Waals surface area contributed by atoms with Gasteiger partial charge in [0.2, 0.25) is 0 Å². The van der Waals surface area contributed by atoms with Gasteiger partial charge in [-0.2, -0.15) is 5.10 Å². The number of amides is 2. The molecule has 1 aliphatic heterocycles. The number of nitrogens with one attached hydrogen (secondary N) is 1. The van der Waals surface area contributed by atoms with E-state index in [1.54, 1.807) is 10.6 Å². The summed E-state index contributed by atoms with van der Waals surface area (Å²) >= 11 is 0. The van der Waals surface area contributed by atoms with E-state index in [1.165, 1.54) is 4.90 Å². The Bertz CT molecular complexity index is 1780. The molecular weight excluding hydrogens is 494 g/mol. The molecule has 6 rings (SSSR count). The molecule has 1 aliphatic rings. The number of hydrogen-bond acceptors (Lipinski definition) is 5. The zero-order valence-electron chi connectivity index (χ0n) is 21.6. The molecule has 4 aromatic heterocycles. The summed E-state index contributed by atoms with van der Waals surface area (Å²) in [6, 6.07) is 15.6. The summed E-state index contributed by atoms with van der Waals surface area (Å²) in [5.74, 6) is -0.274. The highest BCUT2D eigenvalue weighted by Gasteiger charge is 2.19. The summed E-state index contributed by atoms with van der Waals surface area (Å²) in [6.07, 6.45) is 5.04. The molecule has 0 atom stereocenters. The van der Waals surface area contributed by atoms with E-state index in [4.69, 9.17) is 5.10 Å². The Morgan fingerprint density at radius 2 is 1.95 bits per heavy atom. The predicted molar refractivity (Wildman–Crippen MR) is 148 cm³/mol. The first-order valence-corrected chi connectivity index (χ1v) is 12.7. The fourth-order valence-corrected chi connectivity index (χ4v) is 5.13. The number of aryl methyl sites for hydroxylation is 2. The Hall–Kier alpha value is -4.99. The SMILES string of the molecule is Cc1cccc(Cn2nc(C)c3c(NC(=O)c4cnc5cc(C6=CCN(C(=O)O)CC6)ccn45)cccc32)n1. The van der Waals surface area contributed by atoms with Crippen molar-refractivity contribution >= 4 is 39.8 Å². The van der Waals surface area contributed by atoms with Gasteiger partial charge in [0.15, 0.2) is 0 Å². The maximum Gasteiger partial charge on any atom is 0.407 e. The number of rotatable bonds is 5. The zero-order chi connectivity index (χ0) is 27.1. The lowest BCUT2D eigenvalue weighted by atomic mass is 10.0. The highest BCUT2D eigenvalue weighted by atomic mass is 16.4. The number of carbonyl (C=O) groups excluding carboxylic acids is 1. The van der Waals surface area contributed by atoms with Crippen molar-refractivity contribution in [1.29, 1.82) is 0 Å². The third-order valence-corrected chi connectivity index (χ3v) is 7.06. The van der Waals surface area contributed by atoms with Crippen LogP contribution in [0.5, 0.6) is 0 Å². The average Bonchev–Trinajstić information content (AvgIpc) is 3.50. The summed E-state index contributed by atoms with van der Waals surface area (Å²) in [5, 5.41) is 17.9. The highest BCUT2D eigenvalue weighted by Crippen LogP contribution is 2.28. The van der Waals surface area contributed by atoms with Crippen molar-refractivity contribution in [2.45, 2.75) is 26.8 Å². The summed E-state index contributed by atoms with van der Waals surface area (Å²) in [4.78, 5) is 35.0. The molecule has 2 N–H and O–H groups in total. The molecule has 0 saturated heterocycles. The van der Waals surface area contributed by atoms with Crippen LogP contribution in [0.25, 0.3) is 22.1 Å². The van der Waals surface area contributed by atoms with Crippen molar-refractivity contribution < 1.29 is 14.7 Å². The lowest BCUT2D eigenvalue weighted by Crippen LogP contribution is -2.33. The Labute approximate surface area is 224 Å². The second-order valence-electron chi connectivity index (χ2n) is 9.66. The second kappa shape index (κ2) is 9.71. The summed E-state index contributed by atoms with van der Waals surface area (Å²) in [6.45, 7) is 5.25. The Morgan fingerprint density at radius 3 is 2.72 bits per heavy atom. The van der Waals surface area contributed by atoms with Crippen LogP contribution in [0, 0.1) is 13.8 Å². The van der Waals surface area contributed by atoms with E-state index >= 15 is 0 Å². The third kappa shape index (κ3) is 4.61. The van der Waals surface area contributed by atoms with E-state index in [2.05, 4.69) is 15.3 Å². The predicted octanol–water partition coefficient (Wildman–Crippen LogP) is 4.76. The molecule has 0 bridgehead atoms. The number of anilines is 1. The van der Waals surface area contributed by atoms with Crippen molar-refractivity contribution in [3.8, 4) is 0 Å². The molecule has 0 radical (unpaired) electrons. The van der Waals surface area contributed by atoms with Gasteiger partial charge < -0.3 is 15.3 Å². The minimum Gasteiger partial charge on any atom is -0.465 e. The van der Waals surface area contributed by atoms with Gasteiger partial charge in [0.25, 0.3) is 5.91 Å². The van der Waals surface area contributed by atoms with Gasteiger partial charge in [-0.15, -0.1) is 0 Å². The first-order valence-electron chi connectivity index (χ1n) is 12.7. The van der Waals surface area contributed by atoms with Crippen molar-refractivity contribution in [2.24, 2.45) is 0 Å². The van der Waals surface area contributed by atoms with E-state index in [9.17, 15) is 14.7 Å². The maximum absolute atomic E-state index is 13.4. The average molecular weight is 522 g/mol. The smallest absolute Gasteiger partial charge is 0.407 e. The van der Waals surface area contributed by atoms with Gasteiger partial charge in [-0.25, -0.2) is 9.78 Å². The number of carboxylic acid groups (broad SMARTS) is 1. The van der Waals surface area contributed by atoms with Crippen LogP contribution in [0.1, 0.15) is 39.6 Å². The van der Waals surface area contributed by atoms with Crippen LogP contribution in [0.2, 0.25) is 0 Å². The van der Waals surface area contributed by atoms with E-state index in [-0.39, 0.29) is 5.91 Å². The number of fused-ring (bicyclic) bond motifs is 2. The van der Waals surface area contributed by atoms with Crippen molar-refractivity contribution in [3.63, 3.8) is 0 Å². The molecule has 0 spiro atoms. The minimum atomic E-state index is -0.911. The summed E-state index contributed by atoms with van der Waals surface area (Å²) in [5.41, 5.74) is 7.39. The lowest BCUT2D eigenvalue weighted by Gasteiger charge is -2.23. The number of nitrogens with zero attached hydrogens (tertiary/aromatic N) is 6. The van der Waals surface area contributed by atoms with E-state index in [1.807, 2.05) is 79.3 Å². The number of imidazole rings is 1. The molecule has 0 aliphatic carbocycles. The molecule has 196 valence electrons. The molecule has 1 aromatic carbocycles. The summed E-state index contributed by atoms with van der Waals surface area (Å²) < 4.78 is 3.67. The molecule has 5 aromatic rings. The summed E-state index contributed by atoms with van der Waals surface area (Å²) in [7, 11) is 0. The lowest BCUT2D eigenvalue weighted by molar-refractivity contribution is 0.102. The highest BCUT2D eigenvalue weighted by molar-refractivity contribution is 6.08. The van der Waals surface area contributed by atoms with Gasteiger partial charge in [0.1, 0.15) is 11.3 Å². The van der Waals surface area contributed by atoms with Gasteiger partial charge >= 0.3 is 6.09 Å². The van der Waals surface area contributed by atoms with Crippen LogP contribution in [0.15, 0.2) is 67.0 Å². The van der Waals surface area contributed by atoms with Gasteiger partial charge in [-0.1, -0.05) is 18.2 Å². The molecule has 39 heavy (non-hydrogen) atoms. The van der Waals surface area contributed by atoms with Gasteiger partial charge in [-0.05, 0) is 67.8 Å². The van der Waals surface area contributed by atoms with Crippen LogP contribution in [0.3, 0.4) is 0 Å². The van der Waals surface area contributed by atoms with Crippen molar-refractivity contribution in [2.75, 3.05) is 18.4 Å². The Kier molecular flexibility index (Phi) is 6.07. The number of aromatic nitrogens is 5. The third-order valence-electron chi connectivity index (χ3n) is 7.06. The number of benzene rings is 1. The van der Waals surface area contributed by atoms with Gasteiger partial charge in [0.05, 0.1) is 35.3 Å². The molecule has 2 amide bonds. The monoisotopic (exact) mass is 521 g/mol. The molecule has 0 unspecified atom stereocenters. The van der Waals surface area contributed by atoms with E-state index in [0.717, 1.165) is 39.1 Å². The van der Waals surface area contributed by atoms with E-state index in [0.29, 0.717) is 43.1 Å². The van der Waals surface area contributed by atoms with Crippen molar-refractivity contribution in [1.82, 2.24) is 29.0 Å². The van der Waals surface area contributed by atoms with Gasteiger partial charge in [-0.3, -0.25) is 18.9 Å². The minimum absolute atomic E-state index is 0.274. The largest absolute Gasteiger partial charge is 0.465 e. The molecule has 0 saturated carbocycles. The zero-order valence-corrected chi connectivity index (χ0v) is 21.6. The standard InChI is InChI=1S/C29H27N7O3/c1-18-5-3-6-22(31-18)17-36-24-8-4-7-23(27(24)19(2)33-36)32-28(37)25-16-30-26-15-21(11-14-35(25)26)20-9-12-34(13-10-20)29(38)39/h3-9,11,14-16H,10,12-13,17H2,1-2H3,(H,32,37)(H,38,39). The maximum atomic E-state index is 13.4. The number of carbonyl (C=O) groups is 2. The quantitative estimate of drug-likeness (QED) is 0.344. The number of hydrogen-bond donors (Lipinski definition) is 2. The first kappa shape index (κ1) is 24.4. The van der Waals surface area contributed by atoms with Crippen LogP contribution in [0.4, 0.5) is 10.5 Å². The fourth-order valence-electron chi connectivity index (χ4n) is 5.13. The Morgan fingerprint density at radius 1 is 1.10 bits per heavy atom.